The van der Waals surface area contributed by atoms with Crippen LogP contribution in [0.5, 0.6) is 0 Å². The third-order valence-corrected chi connectivity index (χ3v) is 2.34. The third-order valence-electron chi connectivity index (χ3n) is 2.34. The summed E-state index contributed by atoms with van der Waals surface area (Å²) in [5.74, 6) is 0. The van der Waals surface area contributed by atoms with Crippen molar-refractivity contribution >= 4 is 0 Å². The highest BCUT2D eigenvalue weighted by molar-refractivity contribution is 5.58. The van der Waals surface area contributed by atoms with Crippen LogP contribution in [0.3, 0.4) is 0 Å². The molecule has 0 fully saturated rings. The first-order valence-electron chi connectivity index (χ1n) is 4.99. The minimum absolute atomic E-state index is 0.919. The Morgan fingerprint density at radius 3 is 2.53 bits per heavy atom. The lowest BCUT2D eigenvalue weighted by Crippen LogP contribution is -1.88. The molecule has 1 aromatic heterocycles. The van der Waals surface area contributed by atoms with E-state index < -0.39 is 0 Å². The van der Waals surface area contributed by atoms with Crippen LogP contribution in [0.15, 0.2) is 49.2 Å². The molecule has 1 aromatic carbocycles. The van der Waals surface area contributed by atoms with Gasteiger partial charge in [0.25, 0.3) is 0 Å². The molecule has 0 aliphatic rings. The molecular weight excluding hydrogens is 184 g/mol. The molecule has 0 bridgehead atoms. The topological polar surface area (TPSA) is 17.8 Å². The molecular formula is C13H14N2. The van der Waals surface area contributed by atoms with Crippen LogP contribution in [0.1, 0.15) is 5.56 Å². The van der Waals surface area contributed by atoms with E-state index in [4.69, 9.17) is 0 Å². The van der Waals surface area contributed by atoms with Crippen LogP contribution in [-0.2, 0) is 13.5 Å². The maximum absolute atomic E-state index is 4.35. The third kappa shape index (κ3) is 2.15. The van der Waals surface area contributed by atoms with E-state index in [1.165, 1.54) is 5.56 Å². The zero-order valence-corrected chi connectivity index (χ0v) is 8.85. The number of hydrogen-bond acceptors (Lipinski definition) is 1. The lowest BCUT2D eigenvalue weighted by Gasteiger charge is -1.99. The highest BCUT2D eigenvalue weighted by Gasteiger charge is 2.00. The Morgan fingerprint density at radius 1 is 1.27 bits per heavy atom. The molecule has 2 rings (SSSR count). The fourth-order valence-electron chi connectivity index (χ4n) is 1.55. The van der Waals surface area contributed by atoms with Crippen LogP contribution in [0.2, 0.25) is 0 Å². The van der Waals surface area contributed by atoms with Gasteiger partial charge in [-0.05, 0) is 18.1 Å². The van der Waals surface area contributed by atoms with Crippen molar-refractivity contribution in [2.24, 2.45) is 7.05 Å². The summed E-state index contributed by atoms with van der Waals surface area (Å²) in [4.78, 5) is 0. The minimum atomic E-state index is 0.919. The predicted molar refractivity (Wildman–Crippen MR) is 62.5 cm³/mol. The van der Waals surface area contributed by atoms with Gasteiger partial charge in [-0.2, -0.15) is 5.10 Å². The molecule has 0 saturated heterocycles. The normalized spacial score (nSPS) is 10.2. The fourth-order valence-corrected chi connectivity index (χ4v) is 1.55. The number of allylic oxidation sites excluding steroid dienone is 1. The van der Waals surface area contributed by atoms with Crippen molar-refractivity contribution in [2.75, 3.05) is 0 Å². The molecule has 0 N–H and O–H groups in total. The zero-order valence-electron chi connectivity index (χ0n) is 8.85. The second-order valence-electron chi connectivity index (χ2n) is 3.56. The molecule has 0 spiro atoms. The smallest absolute Gasteiger partial charge is 0.0923 e. The van der Waals surface area contributed by atoms with Gasteiger partial charge in [-0.25, -0.2) is 0 Å². The second kappa shape index (κ2) is 4.13. The molecule has 2 heteroatoms. The van der Waals surface area contributed by atoms with Gasteiger partial charge in [0.15, 0.2) is 0 Å². The first-order chi connectivity index (χ1) is 7.29. The van der Waals surface area contributed by atoms with E-state index in [2.05, 4.69) is 35.9 Å². The lowest BCUT2D eigenvalue weighted by molar-refractivity contribution is 0.771. The van der Waals surface area contributed by atoms with Gasteiger partial charge in [-0.15, -0.1) is 6.58 Å². The largest absolute Gasteiger partial charge is 0.275 e. The average molecular weight is 198 g/mol. The van der Waals surface area contributed by atoms with Gasteiger partial charge >= 0.3 is 0 Å². The van der Waals surface area contributed by atoms with E-state index in [1.807, 2.05) is 30.1 Å². The van der Waals surface area contributed by atoms with Gasteiger partial charge in [0.2, 0.25) is 0 Å². The Morgan fingerprint density at radius 2 is 2.00 bits per heavy atom. The van der Waals surface area contributed by atoms with Crippen molar-refractivity contribution in [3.8, 4) is 11.3 Å². The Labute approximate surface area is 89.9 Å². The molecule has 0 atom stereocenters. The molecule has 0 radical (unpaired) electrons. The maximum atomic E-state index is 4.35. The summed E-state index contributed by atoms with van der Waals surface area (Å²) in [6.07, 6.45) is 4.78. The number of nitrogens with zero attached hydrogens (tertiary/aromatic N) is 2. The van der Waals surface area contributed by atoms with Crippen molar-refractivity contribution in [1.29, 1.82) is 0 Å². The number of aryl methyl sites for hydroxylation is 1. The van der Waals surface area contributed by atoms with Crippen LogP contribution >= 0.6 is 0 Å². The summed E-state index contributed by atoms with van der Waals surface area (Å²) in [5, 5.41) is 4.35. The van der Waals surface area contributed by atoms with Crippen LogP contribution in [0.4, 0.5) is 0 Å². The molecule has 76 valence electrons. The van der Waals surface area contributed by atoms with Crippen molar-refractivity contribution in [1.82, 2.24) is 9.78 Å². The Kier molecular flexibility index (Phi) is 2.68. The van der Waals surface area contributed by atoms with E-state index in [1.54, 1.807) is 0 Å². The van der Waals surface area contributed by atoms with Crippen molar-refractivity contribution < 1.29 is 0 Å². The van der Waals surface area contributed by atoms with Gasteiger partial charge in [-0.1, -0.05) is 30.3 Å². The summed E-state index contributed by atoms with van der Waals surface area (Å²) in [7, 11) is 1.93. The summed E-state index contributed by atoms with van der Waals surface area (Å²) in [6.45, 7) is 3.72. The SMILES string of the molecule is C=CCc1ccc(-c2ccn(C)n2)cc1. The van der Waals surface area contributed by atoms with Gasteiger partial charge in [0.05, 0.1) is 5.69 Å². The zero-order chi connectivity index (χ0) is 10.7. The highest BCUT2D eigenvalue weighted by atomic mass is 15.2. The van der Waals surface area contributed by atoms with Crippen LogP contribution < -0.4 is 0 Å². The molecule has 0 amide bonds. The summed E-state index contributed by atoms with van der Waals surface area (Å²) in [5.41, 5.74) is 3.45. The maximum Gasteiger partial charge on any atom is 0.0923 e. The van der Waals surface area contributed by atoms with Crippen LogP contribution in [-0.4, -0.2) is 9.78 Å². The van der Waals surface area contributed by atoms with Crippen molar-refractivity contribution in [2.45, 2.75) is 6.42 Å². The van der Waals surface area contributed by atoms with Gasteiger partial charge < -0.3 is 0 Å². The summed E-state index contributed by atoms with van der Waals surface area (Å²) < 4.78 is 1.81. The molecule has 2 aromatic rings. The van der Waals surface area contributed by atoms with E-state index in [-0.39, 0.29) is 0 Å². The van der Waals surface area contributed by atoms with Crippen molar-refractivity contribution in [3.63, 3.8) is 0 Å². The standard InChI is InChI=1S/C13H14N2/c1-3-4-11-5-7-12(8-6-11)13-9-10-15(2)14-13/h3,5-10H,1,4H2,2H3. The Balaban J connectivity index is 2.27. The number of hydrogen-bond donors (Lipinski definition) is 0. The first kappa shape index (κ1) is 9.71. The molecule has 0 aliphatic heterocycles. The minimum Gasteiger partial charge on any atom is -0.275 e. The monoisotopic (exact) mass is 198 g/mol. The van der Waals surface area contributed by atoms with Crippen LogP contribution in [0, 0.1) is 0 Å². The average Bonchev–Trinajstić information content (AvgIpc) is 2.67. The summed E-state index contributed by atoms with van der Waals surface area (Å²) >= 11 is 0. The summed E-state index contributed by atoms with van der Waals surface area (Å²) in [6, 6.07) is 10.4. The fraction of sp³-hybridized carbons (Fsp3) is 0.154. The Hall–Kier alpha value is -1.83. The van der Waals surface area contributed by atoms with E-state index in [0.29, 0.717) is 0 Å². The lowest BCUT2D eigenvalue weighted by atomic mass is 10.1. The highest BCUT2D eigenvalue weighted by Crippen LogP contribution is 2.17. The van der Waals surface area contributed by atoms with E-state index in [9.17, 15) is 0 Å². The number of benzene rings is 1. The van der Waals surface area contributed by atoms with E-state index in [0.717, 1.165) is 17.7 Å². The number of aromatic nitrogens is 2. The molecule has 2 nitrogen and oxygen atoms in total. The molecule has 15 heavy (non-hydrogen) atoms. The van der Waals surface area contributed by atoms with Gasteiger partial charge in [0, 0.05) is 18.8 Å². The van der Waals surface area contributed by atoms with Crippen molar-refractivity contribution in [3.05, 3.63) is 54.7 Å². The first-order valence-corrected chi connectivity index (χ1v) is 4.99. The molecule has 1 heterocycles. The van der Waals surface area contributed by atoms with Gasteiger partial charge in [-0.3, -0.25) is 4.68 Å². The molecule has 0 unspecified atom stereocenters. The van der Waals surface area contributed by atoms with Gasteiger partial charge in [0.1, 0.15) is 0 Å². The number of rotatable bonds is 3. The van der Waals surface area contributed by atoms with Crippen LogP contribution in [0.25, 0.3) is 11.3 Å². The molecule has 0 saturated carbocycles. The second-order valence-corrected chi connectivity index (χ2v) is 3.56. The predicted octanol–water partition coefficient (Wildman–Crippen LogP) is 2.82. The molecule has 0 aliphatic carbocycles. The quantitative estimate of drug-likeness (QED) is 0.693. The Bertz CT molecular complexity index is 452. The van der Waals surface area contributed by atoms with E-state index >= 15 is 0 Å².